The van der Waals surface area contributed by atoms with Gasteiger partial charge in [0.05, 0.1) is 30.8 Å². The highest BCUT2D eigenvalue weighted by Gasteiger charge is 2.10. The second kappa shape index (κ2) is 7.36. The monoisotopic (exact) mass is 331 g/mol. The molecule has 3 aromatic rings. The van der Waals surface area contributed by atoms with E-state index in [1.807, 2.05) is 30.5 Å². The van der Waals surface area contributed by atoms with Crippen LogP contribution in [0.3, 0.4) is 0 Å². The summed E-state index contributed by atoms with van der Waals surface area (Å²) in [6, 6.07) is 22.8. The standard InChI is InChI=1S/C21H21N3O/c1-2-5-20(6-3-1)24-12-4-7-21(24)17-22-18-8-10-19(11-9-18)23-13-15-25-16-14-23/h1-12,17H,13-16H2. The molecule has 4 nitrogen and oxygen atoms in total. The average Bonchev–Trinajstić information content (AvgIpc) is 3.17. The number of para-hydroxylation sites is 1. The van der Waals surface area contributed by atoms with Crippen LogP contribution in [0.25, 0.3) is 5.69 Å². The third kappa shape index (κ3) is 3.64. The minimum atomic E-state index is 0.802. The lowest BCUT2D eigenvalue weighted by molar-refractivity contribution is 0.122. The molecular weight excluding hydrogens is 310 g/mol. The van der Waals surface area contributed by atoms with Gasteiger partial charge in [0.15, 0.2) is 0 Å². The zero-order valence-corrected chi connectivity index (χ0v) is 14.1. The number of benzene rings is 2. The van der Waals surface area contributed by atoms with Crippen molar-refractivity contribution in [3.05, 3.63) is 78.6 Å². The fourth-order valence-corrected chi connectivity index (χ4v) is 3.03. The van der Waals surface area contributed by atoms with Gasteiger partial charge < -0.3 is 14.2 Å². The number of aromatic nitrogens is 1. The van der Waals surface area contributed by atoms with Gasteiger partial charge in [0, 0.05) is 30.7 Å². The summed E-state index contributed by atoms with van der Waals surface area (Å²) in [6.07, 6.45) is 3.97. The average molecular weight is 331 g/mol. The van der Waals surface area contributed by atoms with Crippen molar-refractivity contribution in [2.24, 2.45) is 4.99 Å². The fraction of sp³-hybridized carbons (Fsp3) is 0.190. The molecule has 2 aromatic carbocycles. The van der Waals surface area contributed by atoms with Crippen LogP contribution in [0.1, 0.15) is 5.69 Å². The summed E-state index contributed by atoms with van der Waals surface area (Å²) in [7, 11) is 0. The Morgan fingerprint density at radius 2 is 1.56 bits per heavy atom. The summed E-state index contributed by atoms with van der Waals surface area (Å²) in [4.78, 5) is 6.98. The van der Waals surface area contributed by atoms with Crippen LogP contribution in [0, 0.1) is 0 Å². The van der Waals surface area contributed by atoms with Crippen molar-refractivity contribution in [3.8, 4) is 5.69 Å². The Labute approximate surface area is 148 Å². The first-order chi connectivity index (χ1) is 12.4. The Morgan fingerprint density at radius 1 is 0.800 bits per heavy atom. The van der Waals surface area contributed by atoms with E-state index in [-0.39, 0.29) is 0 Å². The van der Waals surface area contributed by atoms with E-state index in [0.29, 0.717) is 0 Å². The summed E-state index contributed by atoms with van der Waals surface area (Å²) in [5.74, 6) is 0. The number of morpholine rings is 1. The van der Waals surface area contributed by atoms with Crippen molar-refractivity contribution in [3.63, 3.8) is 0 Å². The van der Waals surface area contributed by atoms with Gasteiger partial charge in [-0.05, 0) is 48.5 Å². The van der Waals surface area contributed by atoms with Crippen molar-refractivity contribution >= 4 is 17.6 Å². The normalized spacial score (nSPS) is 15.0. The lowest BCUT2D eigenvalue weighted by atomic mass is 10.2. The van der Waals surface area contributed by atoms with Gasteiger partial charge in [-0.2, -0.15) is 0 Å². The first-order valence-corrected chi connectivity index (χ1v) is 8.60. The number of anilines is 1. The Hall–Kier alpha value is -2.85. The van der Waals surface area contributed by atoms with Crippen molar-refractivity contribution < 1.29 is 4.74 Å². The highest BCUT2D eigenvalue weighted by molar-refractivity contribution is 5.81. The molecule has 0 unspecified atom stereocenters. The van der Waals surface area contributed by atoms with Gasteiger partial charge in [-0.25, -0.2) is 0 Å². The summed E-state index contributed by atoms with van der Waals surface area (Å²) in [5.41, 5.74) is 4.38. The van der Waals surface area contributed by atoms with Crippen molar-refractivity contribution in [2.45, 2.75) is 0 Å². The van der Waals surface area contributed by atoms with Crippen LogP contribution in [0.2, 0.25) is 0 Å². The molecule has 0 saturated carbocycles. The molecule has 1 aliphatic rings. The lowest BCUT2D eigenvalue weighted by Crippen LogP contribution is -2.36. The van der Waals surface area contributed by atoms with Gasteiger partial charge in [-0.3, -0.25) is 4.99 Å². The number of ether oxygens (including phenoxy) is 1. The first kappa shape index (κ1) is 15.7. The van der Waals surface area contributed by atoms with Crippen molar-refractivity contribution in [2.75, 3.05) is 31.2 Å². The SMILES string of the molecule is C(=Nc1ccc(N2CCOCC2)cc1)c1cccn1-c1ccccc1. The van der Waals surface area contributed by atoms with Crippen molar-refractivity contribution in [1.29, 1.82) is 0 Å². The molecule has 0 amide bonds. The van der Waals surface area contributed by atoms with Crippen molar-refractivity contribution in [1.82, 2.24) is 4.57 Å². The minimum Gasteiger partial charge on any atom is -0.378 e. The Kier molecular flexibility index (Phi) is 4.61. The molecule has 0 atom stereocenters. The van der Waals surface area contributed by atoms with Crippen LogP contribution >= 0.6 is 0 Å². The molecule has 1 aromatic heterocycles. The van der Waals surface area contributed by atoms with E-state index in [1.165, 1.54) is 5.69 Å². The number of hydrogen-bond acceptors (Lipinski definition) is 3. The maximum absolute atomic E-state index is 5.40. The van der Waals surface area contributed by atoms with Crippen LogP contribution in [0.15, 0.2) is 77.9 Å². The zero-order valence-electron chi connectivity index (χ0n) is 14.1. The van der Waals surface area contributed by atoms with Crippen LogP contribution in [0.4, 0.5) is 11.4 Å². The van der Waals surface area contributed by atoms with E-state index >= 15 is 0 Å². The predicted octanol–water partition coefficient (Wildman–Crippen LogP) is 4.06. The highest BCUT2D eigenvalue weighted by Crippen LogP contribution is 2.21. The predicted molar refractivity (Wildman–Crippen MR) is 102 cm³/mol. The summed E-state index contributed by atoms with van der Waals surface area (Å²) < 4.78 is 7.54. The molecule has 0 spiro atoms. The van der Waals surface area contributed by atoms with Gasteiger partial charge in [-0.1, -0.05) is 18.2 Å². The number of rotatable bonds is 4. The second-order valence-electron chi connectivity index (χ2n) is 6.01. The molecule has 4 heteroatoms. The van der Waals surface area contributed by atoms with E-state index in [9.17, 15) is 0 Å². The molecular formula is C21H21N3O. The fourth-order valence-electron chi connectivity index (χ4n) is 3.03. The van der Waals surface area contributed by atoms with Crippen LogP contribution < -0.4 is 4.90 Å². The van der Waals surface area contributed by atoms with Gasteiger partial charge >= 0.3 is 0 Å². The summed E-state index contributed by atoms with van der Waals surface area (Å²) in [5, 5.41) is 0. The van der Waals surface area contributed by atoms with E-state index in [4.69, 9.17) is 4.74 Å². The van der Waals surface area contributed by atoms with E-state index < -0.39 is 0 Å². The molecule has 0 bridgehead atoms. The van der Waals surface area contributed by atoms with E-state index in [2.05, 4.69) is 63.1 Å². The zero-order chi connectivity index (χ0) is 16.9. The van der Waals surface area contributed by atoms with Gasteiger partial charge in [-0.15, -0.1) is 0 Å². The largest absolute Gasteiger partial charge is 0.378 e. The maximum Gasteiger partial charge on any atom is 0.0642 e. The Morgan fingerprint density at radius 3 is 2.32 bits per heavy atom. The van der Waals surface area contributed by atoms with Gasteiger partial charge in [0.25, 0.3) is 0 Å². The third-order valence-electron chi connectivity index (χ3n) is 4.39. The Balaban J connectivity index is 1.50. The molecule has 0 N–H and O–H groups in total. The molecule has 1 fully saturated rings. The number of aliphatic imine (C=N–C) groups is 1. The molecule has 126 valence electrons. The van der Waals surface area contributed by atoms with Crippen LogP contribution in [-0.2, 0) is 4.74 Å². The van der Waals surface area contributed by atoms with E-state index in [1.54, 1.807) is 0 Å². The lowest BCUT2D eigenvalue weighted by Gasteiger charge is -2.28. The molecule has 1 aliphatic heterocycles. The number of nitrogens with zero attached hydrogens (tertiary/aromatic N) is 3. The second-order valence-corrected chi connectivity index (χ2v) is 6.01. The van der Waals surface area contributed by atoms with Gasteiger partial charge in [0.2, 0.25) is 0 Å². The number of hydrogen-bond donors (Lipinski definition) is 0. The highest BCUT2D eigenvalue weighted by atomic mass is 16.5. The van der Waals surface area contributed by atoms with E-state index in [0.717, 1.165) is 43.4 Å². The molecule has 4 rings (SSSR count). The molecule has 2 heterocycles. The molecule has 0 aliphatic carbocycles. The van der Waals surface area contributed by atoms with Crippen LogP contribution in [-0.4, -0.2) is 37.1 Å². The maximum atomic E-state index is 5.40. The first-order valence-electron chi connectivity index (χ1n) is 8.60. The quantitative estimate of drug-likeness (QED) is 0.675. The minimum absolute atomic E-state index is 0.802. The Bertz CT molecular complexity index is 831. The van der Waals surface area contributed by atoms with Crippen LogP contribution in [0.5, 0.6) is 0 Å². The topological polar surface area (TPSA) is 29.8 Å². The smallest absolute Gasteiger partial charge is 0.0642 e. The third-order valence-corrected chi connectivity index (χ3v) is 4.39. The summed E-state index contributed by atoms with van der Waals surface area (Å²) in [6.45, 7) is 3.51. The summed E-state index contributed by atoms with van der Waals surface area (Å²) >= 11 is 0. The molecule has 25 heavy (non-hydrogen) atoms. The molecule has 0 radical (unpaired) electrons. The molecule has 1 saturated heterocycles. The van der Waals surface area contributed by atoms with Gasteiger partial charge in [0.1, 0.15) is 0 Å².